The first-order valence-electron chi connectivity index (χ1n) is 5.90. The normalized spacial score (nSPS) is 11.9. The second kappa shape index (κ2) is 6.62. The predicted octanol–water partition coefficient (Wildman–Crippen LogP) is 1.06. The van der Waals surface area contributed by atoms with Gasteiger partial charge in [0, 0.05) is 0 Å². The lowest BCUT2D eigenvalue weighted by atomic mass is 10.1. The maximum atomic E-state index is 11.8. The minimum atomic E-state index is -0.884. The topological polar surface area (TPSA) is 104 Å². The number of aromatic nitrogens is 2. The Hall–Kier alpha value is -2.25. The average molecular weight is 269 g/mol. The number of carbonyl (C=O) groups is 1. The summed E-state index contributed by atoms with van der Waals surface area (Å²) in [5.74, 6) is -0.589. The van der Waals surface area contributed by atoms with Gasteiger partial charge in [-0.3, -0.25) is 14.7 Å². The van der Waals surface area contributed by atoms with Crippen molar-refractivity contribution in [3.8, 4) is 0 Å². The Morgan fingerprint density at radius 3 is 2.79 bits per heavy atom. The van der Waals surface area contributed by atoms with Gasteiger partial charge in [-0.05, 0) is 13.3 Å². The summed E-state index contributed by atoms with van der Waals surface area (Å²) in [4.78, 5) is 36.8. The van der Waals surface area contributed by atoms with Gasteiger partial charge in [0.05, 0.1) is 17.7 Å². The quantitative estimate of drug-likeness (QED) is 0.434. The van der Waals surface area contributed by atoms with Gasteiger partial charge in [0.25, 0.3) is 0 Å². The third-order valence-corrected chi connectivity index (χ3v) is 2.47. The first-order chi connectivity index (χ1) is 9.01. The number of esters is 1. The summed E-state index contributed by atoms with van der Waals surface area (Å²) in [6, 6.07) is -0.884. The van der Waals surface area contributed by atoms with Crippen molar-refractivity contribution in [2.45, 2.75) is 32.7 Å². The van der Waals surface area contributed by atoms with Gasteiger partial charge >= 0.3 is 17.3 Å². The molecule has 1 unspecified atom stereocenters. The molecule has 1 aromatic heterocycles. The fourth-order valence-electron chi connectivity index (χ4n) is 1.62. The van der Waals surface area contributed by atoms with Crippen molar-refractivity contribution in [1.82, 2.24) is 9.55 Å². The minimum absolute atomic E-state index is 0.177. The molecule has 0 amide bonds. The van der Waals surface area contributed by atoms with Crippen molar-refractivity contribution in [3.05, 3.63) is 33.0 Å². The average Bonchev–Trinajstić information content (AvgIpc) is 2.37. The third-order valence-electron chi connectivity index (χ3n) is 2.47. The van der Waals surface area contributed by atoms with E-state index in [2.05, 4.69) is 4.98 Å². The molecule has 0 N–H and O–H groups in total. The van der Waals surface area contributed by atoms with E-state index in [0.29, 0.717) is 12.8 Å². The molecule has 0 fully saturated rings. The van der Waals surface area contributed by atoms with Crippen LogP contribution >= 0.6 is 0 Å². The van der Waals surface area contributed by atoms with Crippen molar-refractivity contribution in [3.63, 3.8) is 0 Å². The molecule has 0 aromatic carbocycles. The Balaban J connectivity index is 3.21. The second-order valence-corrected chi connectivity index (χ2v) is 3.82. The number of carbonyl (C=O) groups excluding carboxylic acids is 1. The maximum absolute atomic E-state index is 11.8. The van der Waals surface area contributed by atoms with E-state index in [9.17, 15) is 19.7 Å². The molecule has 0 aliphatic carbocycles. The molecule has 0 spiro atoms. The highest BCUT2D eigenvalue weighted by Crippen LogP contribution is 2.16. The van der Waals surface area contributed by atoms with Crippen molar-refractivity contribution in [1.29, 1.82) is 0 Å². The molecule has 8 nitrogen and oxygen atoms in total. The zero-order chi connectivity index (χ0) is 14.4. The molecule has 1 heterocycles. The standard InChI is InChI=1S/C11H15N3O5/c1-3-5-9(10(15)19-4-2)13-7-8(14(17)18)6-12-11(13)16/h6-7,9H,3-5H2,1-2H3. The largest absolute Gasteiger partial charge is 0.464 e. The summed E-state index contributed by atoms with van der Waals surface area (Å²) < 4.78 is 5.83. The van der Waals surface area contributed by atoms with Crippen molar-refractivity contribution >= 4 is 11.7 Å². The summed E-state index contributed by atoms with van der Waals surface area (Å²) in [7, 11) is 0. The van der Waals surface area contributed by atoms with Gasteiger partial charge in [-0.15, -0.1) is 0 Å². The molecule has 1 atom stereocenters. The Morgan fingerprint density at radius 2 is 2.26 bits per heavy atom. The van der Waals surface area contributed by atoms with Crippen LogP contribution in [0.4, 0.5) is 5.69 Å². The molecule has 19 heavy (non-hydrogen) atoms. The van der Waals surface area contributed by atoms with Crippen LogP contribution in [0.3, 0.4) is 0 Å². The summed E-state index contributed by atoms with van der Waals surface area (Å²) in [6.07, 6.45) is 2.86. The Kier molecular flexibility index (Phi) is 5.16. The fourth-order valence-corrected chi connectivity index (χ4v) is 1.62. The molecule has 0 aliphatic rings. The van der Waals surface area contributed by atoms with Gasteiger partial charge in [0.15, 0.2) is 0 Å². The van der Waals surface area contributed by atoms with Gasteiger partial charge in [0.1, 0.15) is 12.2 Å². The number of rotatable bonds is 6. The van der Waals surface area contributed by atoms with Crippen LogP contribution in [0.5, 0.6) is 0 Å². The van der Waals surface area contributed by atoms with Crippen LogP contribution < -0.4 is 5.69 Å². The lowest BCUT2D eigenvalue weighted by molar-refractivity contribution is -0.385. The minimum Gasteiger partial charge on any atom is -0.464 e. The highest BCUT2D eigenvalue weighted by molar-refractivity contribution is 5.74. The Labute approximate surface area is 109 Å². The Bertz CT molecular complexity index is 525. The van der Waals surface area contributed by atoms with Crippen LogP contribution in [0, 0.1) is 10.1 Å². The third kappa shape index (κ3) is 3.60. The molecule has 8 heteroatoms. The molecule has 104 valence electrons. The zero-order valence-electron chi connectivity index (χ0n) is 10.7. The summed E-state index contributed by atoms with van der Waals surface area (Å²) in [6.45, 7) is 3.66. The zero-order valence-corrected chi connectivity index (χ0v) is 10.7. The van der Waals surface area contributed by atoms with E-state index in [-0.39, 0.29) is 12.3 Å². The van der Waals surface area contributed by atoms with E-state index in [0.717, 1.165) is 17.0 Å². The van der Waals surface area contributed by atoms with E-state index in [4.69, 9.17) is 4.74 Å². The molecule has 1 rings (SSSR count). The van der Waals surface area contributed by atoms with E-state index in [1.165, 1.54) is 0 Å². The van der Waals surface area contributed by atoms with Crippen LogP contribution in [-0.2, 0) is 9.53 Å². The first kappa shape index (κ1) is 14.8. The van der Waals surface area contributed by atoms with Crippen molar-refractivity contribution in [2.75, 3.05) is 6.61 Å². The number of hydrogen-bond donors (Lipinski definition) is 0. The van der Waals surface area contributed by atoms with Crippen LogP contribution in [0.2, 0.25) is 0 Å². The summed E-state index contributed by atoms with van der Waals surface area (Å²) in [5.41, 5.74) is -1.05. The fraction of sp³-hybridized carbons (Fsp3) is 0.545. The SMILES string of the molecule is CCCC(C(=O)OCC)n1cc([N+](=O)[O-])cnc1=O. The molecule has 0 aliphatic heterocycles. The molecule has 0 saturated carbocycles. The van der Waals surface area contributed by atoms with Crippen LogP contribution in [0.1, 0.15) is 32.7 Å². The lowest BCUT2D eigenvalue weighted by Gasteiger charge is -2.16. The number of hydrogen-bond acceptors (Lipinski definition) is 6. The molecule has 0 radical (unpaired) electrons. The number of nitrogens with zero attached hydrogens (tertiary/aromatic N) is 3. The van der Waals surface area contributed by atoms with Gasteiger partial charge in [-0.2, -0.15) is 4.98 Å². The van der Waals surface area contributed by atoms with Crippen molar-refractivity contribution in [2.24, 2.45) is 0 Å². The molecular weight excluding hydrogens is 254 g/mol. The predicted molar refractivity (Wildman–Crippen MR) is 65.7 cm³/mol. The van der Waals surface area contributed by atoms with E-state index < -0.39 is 22.6 Å². The maximum Gasteiger partial charge on any atom is 0.348 e. The van der Waals surface area contributed by atoms with Crippen LogP contribution in [0.25, 0.3) is 0 Å². The number of nitro groups is 1. The molecule has 0 saturated heterocycles. The monoisotopic (exact) mass is 269 g/mol. The molecular formula is C11H15N3O5. The van der Waals surface area contributed by atoms with E-state index in [1.807, 2.05) is 6.92 Å². The van der Waals surface area contributed by atoms with Crippen LogP contribution in [-0.4, -0.2) is 27.1 Å². The highest BCUT2D eigenvalue weighted by atomic mass is 16.6. The smallest absolute Gasteiger partial charge is 0.348 e. The van der Waals surface area contributed by atoms with E-state index in [1.54, 1.807) is 6.92 Å². The summed E-state index contributed by atoms with van der Waals surface area (Å²) >= 11 is 0. The lowest BCUT2D eigenvalue weighted by Crippen LogP contribution is -2.32. The first-order valence-corrected chi connectivity index (χ1v) is 5.90. The van der Waals surface area contributed by atoms with Gasteiger partial charge in [-0.25, -0.2) is 9.59 Å². The van der Waals surface area contributed by atoms with E-state index >= 15 is 0 Å². The van der Waals surface area contributed by atoms with Gasteiger partial charge in [-0.1, -0.05) is 13.3 Å². The summed E-state index contributed by atoms with van der Waals surface area (Å²) in [5, 5.41) is 10.7. The molecule has 1 aromatic rings. The van der Waals surface area contributed by atoms with Crippen LogP contribution in [0.15, 0.2) is 17.2 Å². The van der Waals surface area contributed by atoms with Crippen molar-refractivity contribution < 1.29 is 14.5 Å². The van der Waals surface area contributed by atoms with Gasteiger partial charge < -0.3 is 4.74 Å². The molecule has 0 bridgehead atoms. The number of ether oxygens (including phenoxy) is 1. The van der Waals surface area contributed by atoms with Gasteiger partial charge in [0.2, 0.25) is 0 Å². The Morgan fingerprint density at radius 1 is 1.58 bits per heavy atom. The second-order valence-electron chi connectivity index (χ2n) is 3.82. The highest BCUT2D eigenvalue weighted by Gasteiger charge is 2.24.